The van der Waals surface area contributed by atoms with E-state index in [1.165, 1.54) is 16.8 Å². The Labute approximate surface area is 172 Å². The van der Waals surface area contributed by atoms with Crippen LogP contribution in [-0.2, 0) is 6.42 Å². The molecule has 0 aliphatic rings. The summed E-state index contributed by atoms with van der Waals surface area (Å²) in [6.07, 6.45) is 2.07. The summed E-state index contributed by atoms with van der Waals surface area (Å²) in [5.41, 5.74) is 1.62. The molecule has 9 heteroatoms. The van der Waals surface area contributed by atoms with Crippen LogP contribution in [0.1, 0.15) is 23.9 Å². The molecule has 2 aromatic carbocycles. The van der Waals surface area contributed by atoms with E-state index in [2.05, 4.69) is 15.3 Å². The second-order valence-corrected chi connectivity index (χ2v) is 6.38. The Kier molecular flexibility index (Phi) is 6.61. The number of ether oxygens (including phenoxy) is 3. The molecule has 0 unspecified atom stereocenters. The number of aromatic nitrogens is 3. The maximum Gasteiger partial charge on any atom is 0.216 e. The minimum atomic E-state index is -0.288. The van der Waals surface area contributed by atoms with Crippen LogP contribution in [0, 0.1) is 10.6 Å². The molecule has 3 aromatic rings. The second-order valence-electron chi connectivity index (χ2n) is 5.99. The Balaban J connectivity index is 1.91. The number of nitrogens with one attached hydrogen (secondary N) is 1. The summed E-state index contributed by atoms with van der Waals surface area (Å²) < 4.78 is 31.4. The molecule has 152 valence electrons. The minimum absolute atomic E-state index is 0.288. The topological polar surface area (TPSA) is 73.7 Å². The summed E-state index contributed by atoms with van der Waals surface area (Å²) in [6.45, 7) is 2.37. The zero-order valence-corrected chi connectivity index (χ0v) is 17.1. The first kappa shape index (κ1) is 20.5. The van der Waals surface area contributed by atoms with E-state index < -0.39 is 0 Å². The van der Waals surface area contributed by atoms with Crippen LogP contribution in [0.25, 0.3) is 0 Å². The highest BCUT2D eigenvalue weighted by molar-refractivity contribution is 7.71. The average Bonchev–Trinajstić information content (AvgIpc) is 3.07. The van der Waals surface area contributed by atoms with Crippen molar-refractivity contribution >= 4 is 18.4 Å². The number of halogens is 1. The predicted octanol–water partition coefficient (Wildman–Crippen LogP) is 3.97. The molecule has 1 N–H and O–H groups in total. The lowest BCUT2D eigenvalue weighted by Gasteiger charge is -2.14. The average molecular weight is 416 g/mol. The summed E-state index contributed by atoms with van der Waals surface area (Å²) in [7, 11) is 3.12. The van der Waals surface area contributed by atoms with Crippen molar-refractivity contribution in [3.8, 4) is 17.2 Å². The molecule has 0 atom stereocenters. The van der Waals surface area contributed by atoms with Crippen LogP contribution in [0.15, 0.2) is 41.5 Å². The van der Waals surface area contributed by atoms with Crippen molar-refractivity contribution in [1.29, 1.82) is 0 Å². The van der Waals surface area contributed by atoms with Gasteiger partial charge in [-0.3, -0.25) is 5.10 Å². The van der Waals surface area contributed by atoms with E-state index in [0.717, 1.165) is 11.1 Å². The van der Waals surface area contributed by atoms with Crippen LogP contribution in [0.4, 0.5) is 4.39 Å². The number of benzene rings is 2. The fourth-order valence-corrected chi connectivity index (χ4v) is 2.93. The number of hydrogen-bond donors (Lipinski definition) is 1. The molecule has 1 heterocycles. The molecule has 1 aromatic heterocycles. The maximum absolute atomic E-state index is 13.1. The number of nitrogens with zero attached hydrogens (tertiary/aromatic N) is 3. The van der Waals surface area contributed by atoms with Gasteiger partial charge in [-0.25, -0.2) is 4.39 Å². The first-order valence-corrected chi connectivity index (χ1v) is 9.30. The molecular formula is C20H21FN4O3S. The molecule has 0 fully saturated rings. The van der Waals surface area contributed by atoms with Crippen molar-refractivity contribution in [2.75, 3.05) is 20.8 Å². The first-order chi connectivity index (χ1) is 14.0. The zero-order valence-electron chi connectivity index (χ0n) is 16.3. The molecule has 0 amide bonds. The molecule has 0 saturated heterocycles. The van der Waals surface area contributed by atoms with Crippen molar-refractivity contribution < 1.29 is 18.6 Å². The van der Waals surface area contributed by atoms with Gasteiger partial charge < -0.3 is 14.2 Å². The fourth-order valence-electron chi connectivity index (χ4n) is 2.73. The molecular weight excluding hydrogens is 395 g/mol. The Morgan fingerprint density at radius 2 is 1.83 bits per heavy atom. The SMILES string of the molecule is CCOc1c(OC)cc(/C=N\n2c(Cc3ccc(F)cc3)n[nH]c2=S)cc1OC. The quantitative estimate of drug-likeness (QED) is 0.444. The van der Waals surface area contributed by atoms with Crippen LogP contribution in [0.5, 0.6) is 17.2 Å². The van der Waals surface area contributed by atoms with Gasteiger partial charge in [-0.1, -0.05) is 12.1 Å². The van der Waals surface area contributed by atoms with Gasteiger partial charge >= 0.3 is 0 Å². The molecule has 0 aliphatic carbocycles. The third kappa shape index (κ3) is 4.80. The highest BCUT2D eigenvalue weighted by atomic mass is 32.1. The Hall–Kier alpha value is -3.20. The van der Waals surface area contributed by atoms with Gasteiger partial charge in [-0.05, 0) is 49.0 Å². The standard InChI is InChI=1S/C20H21FN4O3S/c1-4-28-19-16(26-2)9-14(10-17(19)27-3)12-22-25-18(23-24-20(25)29)11-13-5-7-15(21)8-6-13/h5-10,12H,4,11H2,1-3H3,(H,24,29)/b22-12-. The largest absolute Gasteiger partial charge is 0.493 e. The van der Waals surface area contributed by atoms with Gasteiger partial charge in [0.1, 0.15) is 5.82 Å². The highest BCUT2D eigenvalue weighted by Gasteiger charge is 2.13. The van der Waals surface area contributed by atoms with Crippen molar-refractivity contribution in [1.82, 2.24) is 14.9 Å². The van der Waals surface area contributed by atoms with Crippen molar-refractivity contribution in [3.63, 3.8) is 0 Å². The lowest BCUT2D eigenvalue weighted by molar-refractivity contribution is 0.288. The van der Waals surface area contributed by atoms with Crippen LogP contribution in [0.2, 0.25) is 0 Å². The minimum Gasteiger partial charge on any atom is -0.493 e. The highest BCUT2D eigenvalue weighted by Crippen LogP contribution is 2.38. The van der Waals surface area contributed by atoms with Crippen LogP contribution < -0.4 is 14.2 Å². The van der Waals surface area contributed by atoms with E-state index in [-0.39, 0.29) is 5.82 Å². The van der Waals surface area contributed by atoms with E-state index in [0.29, 0.717) is 40.9 Å². The summed E-state index contributed by atoms with van der Waals surface area (Å²) in [5.74, 6) is 1.92. The van der Waals surface area contributed by atoms with E-state index >= 15 is 0 Å². The number of H-pyrrole nitrogens is 1. The zero-order chi connectivity index (χ0) is 20.8. The molecule has 0 aliphatic heterocycles. The Morgan fingerprint density at radius 3 is 2.41 bits per heavy atom. The van der Waals surface area contributed by atoms with E-state index in [9.17, 15) is 4.39 Å². The third-order valence-electron chi connectivity index (χ3n) is 4.09. The van der Waals surface area contributed by atoms with Crippen molar-refractivity contribution in [2.24, 2.45) is 5.10 Å². The van der Waals surface area contributed by atoms with Gasteiger partial charge in [0.05, 0.1) is 27.0 Å². The van der Waals surface area contributed by atoms with Gasteiger partial charge in [0.2, 0.25) is 10.5 Å². The summed E-state index contributed by atoms with van der Waals surface area (Å²) in [4.78, 5) is 0. The van der Waals surface area contributed by atoms with Gasteiger partial charge in [0, 0.05) is 12.0 Å². The lowest BCUT2D eigenvalue weighted by atomic mass is 10.1. The molecule has 29 heavy (non-hydrogen) atoms. The van der Waals surface area contributed by atoms with Crippen LogP contribution in [0.3, 0.4) is 0 Å². The predicted molar refractivity (Wildman–Crippen MR) is 110 cm³/mol. The monoisotopic (exact) mass is 416 g/mol. The van der Waals surface area contributed by atoms with Gasteiger partial charge in [-0.2, -0.15) is 14.9 Å². The van der Waals surface area contributed by atoms with Crippen LogP contribution in [-0.4, -0.2) is 41.9 Å². The number of methoxy groups -OCH3 is 2. The number of aromatic amines is 1. The molecule has 0 bridgehead atoms. The molecule has 3 rings (SSSR count). The fraction of sp³-hybridized carbons (Fsp3) is 0.250. The maximum atomic E-state index is 13.1. The molecule has 0 spiro atoms. The van der Waals surface area contributed by atoms with Crippen molar-refractivity contribution in [2.45, 2.75) is 13.3 Å². The van der Waals surface area contributed by atoms with Crippen LogP contribution >= 0.6 is 12.2 Å². The first-order valence-electron chi connectivity index (χ1n) is 8.89. The normalized spacial score (nSPS) is 11.0. The van der Waals surface area contributed by atoms with E-state index in [4.69, 9.17) is 26.4 Å². The molecule has 7 nitrogen and oxygen atoms in total. The number of rotatable bonds is 8. The molecule has 0 radical (unpaired) electrons. The summed E-state index contributed by atoms with van der Waals surface area (Å²) in [5, 5.41) is 11.4. The second kappa shape index (κ2) is 9.33. The molecule has 0 saturated carbocycles. The van der Waals surface area contributed by atoms with Gasteiger partial charge in [-0.15, -0.1) is 0 Å². The summed E-state index contributed by atoms with van der Waals surface area (Å²) >= 11 is 5.28. The van der Waals surface area contributed by atoms with E-state index in [1.807, 2.05) is 6.92 Å². The lowest BCUT2D eigenvalue weighted by Crippen LogP contribution is -2.02. The number of hydrogen-bond acceptors (Lipinski definition) is 6. The Bertz CT molecular complexity index is 1040. The van der Waals surface area contributed by atoms with Gasteiger partial charge in [0.15, 0.2) is 17.3 Å². The summed E-state index contributed by atoms with van der Waals surface area (Å²) in [6, 6.07) is 9.79. The van der Waals surface area contributed by atoms with E-state index in [1.54, 1.807) is 44.7 Å². The third-order valence-corrected chi connectivity index (χ3v) is 4.35. The van der Waals surface area contributed by atoms with Crippen molar-refractivity contribution in [3.05, 3.63) is 63.9 Å². The van der Waals surface area contributed by atoms with Gasteiger partial charge in [0.25, 0.3) is 0 Å². The Morgan fingerprint density at radius 1 is 1.17 bits per heavy atom. The smallest absolute Gasteiger partial charge is 0.216 e.